The number of hydrogen-bond acceptors (Lipinski definition) is 4. The molecule has 5 nitrogen and oxygen atoms in total. The van der Waals surface area contributed by atoms with Crippen LogP contribution in [0, 0.1) is 13.8 Å². The van der Waals surface area contributed by atoms with Crippen molar-refractivity contribution in [2.75, 3.05) is 20.1 Å². The second kappa shape index (κ2) is 9.33. The summed E-state index contributed by atoms with van der Waals surface area (Å²) in [6, 6.07) is 0. The lowest BCUT2D eigenvalue weighted by Gasteiger charge is -2.36. The van der Waals surface area contributed by atoms with Gasteiger partial charge in [-0.15, -0.1) is 35.3 Å². The number of ether oxygens (including phenoxy) is 1. The maximum Gasteiger partial charge on any atom is 0.193 e. The van der Waals surface area contributed by atoms with E-state index in [0.29, 0.717) is 6.10 Å². The molecule has 1 aliphatic rings. The Hall–Kier alpha value is -0.410. The van der Waals surface area contributed by atoms with Gasteiger partial charge in [0.25, 0.3) is 0 Å². The van der Waals surface area contributed by atoms with Gasteiger partial charge < -0.3 is 15.0 Å². The third kappa shape index (κ3) is 6.48. The van der Waals surface area contributed by atoms with Crippen molar-refractivity contribution in [2.24, 2.45) is 4.99 Å². The Balaban J connectivity index is 0.00000288. The first-order chi connectivity index (χ1) is 10.8. The third-order valence-electron chi connectivity index (χ3n) is 3.94. The van der Waals surface area contributed by atoms with E-state index < -0.39 is 0 Å². The van der Waals surface area contributed by atoms with E-state index in [9.17, 15) is 0 Å². The van der Waals surface area contributed by atoms with Gasteiger partial charge in [0.05, 0.1) is 23.9 Å². The van der Waals surface area contributed by atoms with Crippen LogP contribution in [0.2, 0.25) is 0 Å². The molecule has 0 spiro atoms. The Morgan fingerprint density at radius 2 is 1.96 bits per heavy atom. The number of piperidine rings is 1. The Morgan fingerprint density at radius 1 is 1.33 bits per heavy atom. The van der Waals surface area contributed by atoms with Gasteiger partial charge in [0, 0.05) is 25.0 Å². The fourth-order valence-corrected chi connectivity index (χ4v) is 3.66. The molecule has 0 radical (unpaired) electrons. The molecule has 1 aliphatic heterocycles. The van der Waals surface area contributed by atoms with Crippen LogP contribution in [0.4, 0.5) is 0 Å². The highest BCUT2D eigenvalue weighted by Gasteiger charge is 2.25. The molecule has 0 saturated carbocycles. The number of likely N-dealkylation sites (tertiary alicyclic amines) is 1. The highest BCUT2D eigenvalue weighted by molar-refractivity contribution is 14.0. The molecule has 7 heteroatoms. The van der Waals surface area contributed by atoms with E-state index in [1.54, 1.807) is 11.3 Å². The fourth-order valence-electron chi connectivity index (χ4n) is 2.79. The van der Waals surface area contributed by atoms with Crippen LogP contribution in [-0.2, 0) is 11.3 Å². The normalized spacial score (nSPS) is 16.9. The van der Waals surface area contributed by atoms with E-state index >= 15 is 0 Å². The van der Waals surface area contributed by atoms with Crippen molar-refractivity contribution >= 4 is 41.3 Å². The van der Waals surface area contributed by atoms with Crippen LogP contribution in [-0.4, -0.2) is 47.7 Å². The predicted octanol–water partition coefficient (Wildman–Crippen LogP) is 3.73. The van der Waals surface area contributed by atoms with Gasteiger partial charge in [-0.2, -0.15) is 0 Å². The van der Waals surface area contributed by atoms with Crippen LogP contribution in [0.25, 0.3) is 0 Å². The maximum absolute atomic E-state index is 6.09. The van der Waals surface area contributed by atoms with Crippen LogP contribution in [0.15, 0.2) is 4.99 Å². The van der Waals surface area contributed by atoms with Crippen LogP contribution in [0.3, 0.4) is 0 Å². The summed E-state index contributed by atoms with van der Waals surface area (Å²) in [5.41, 5.74) is 1.06. The molecule has 0 atom stereocenters. The topological polar surface area (TPSA) is 49.8 Å². The van der Waals surface area contributed by atoms with Crippen LogP contribution >= 0.6 is 35.3 Å². The average molecular weight is 466 g/mol. The standard InChI is InChI=1S/C17H30N4OS.HI/c1-12-13(2)23-15(20-12)11-19-16(18-6)21-9-7-14(8-10-21)22-17(3,4)5;/h14H,7-11H2,1-6H3,(H,18,19);1H. The van der Waals surface area contributed by atoms with Crippen LogP contribution in [0.1, 0.15) is 49.2 Å². The largest absolute Gasteiger partial charge is 0.372 e. The number of aryl methyl sites for hydroxylation is 2. The molecule has 24 heavy (non-hydrogen) atoms. The lowest BCUT2D eigenvalue weighted by Crippen LogP contribution is -2.47. The van der Waals surface area contributed by atoms with Crippen molar-refractivity contribution in [1.29, 1.82) is 0 Å². The number of guanidine groups is 1. The summed E-state index contributed by atoms with van der Waals surface area (Å²) in [5.74, 6) is 0.963. The van der Waals surface area contributed by atoms with Gasteiger partial charge in [0.2, 0.25) is 0 Å². The van der Waals surface area contributed by atoms with E-state index in [4.69, 9.17) is 4.74 Å². The van der Waals surface area contributed by atoms with Crippen molar-refractivity contribution in [3.05, 3.63) is 15.6 Å². The zero-order valence-corrected chi connectivity index (χ0v) is 18.8. The molecule has 2 heterocycles. The molecule has 0 aliphatic carbocycles. The number of nitrogens with one attached hydrogen (secondary N) is 1. The molecule has 0 bridgehead atoms. The first-order valence-electron chi connectivity index (χ1n) is 8.35. The molecule has 1 aromatic heterocycles. The maximum atomic E-state index is 6.09. The number of rotatable bonds is 3. The molecule has 0 amide bonds. The van der Waals surface area contributed by atoms with E-state index in [-0.39, 0.29) is 29.6 Å². The minimum atomic E-state index is -0.0622. The number of aliphatic imine (C=N–C) groups is 1. The summed E-state index contributed by atoms with van der Waals surface area (Å²) < 4.78 is 6.09. The molecular weight excluding hydrogens is 435 g/mol. The SMILES string of the molecule is CN=C(NCc1nc(C)c(C)s1)N1CCC(OC(C)(C)C)CC1.I. The summed E-state index contributed by atoms with van der Waals surface area (Å²) in [6.07, 6.45) is 2.45. The monoisotopic (exact) mass is 466 g/mol. The lowest BCUT2D eigenvalue weighted by atomic mass is 10.1. The van der Waals surface area contributed by atoms with Gasteiger partial charge in [-0.05, 0) is 47.5 Å². The van der Waals surface area contributed by atoms with E-state index in [1.165, 1.54) is 4.88 Å². The molecule has 0 aromatic carbocycles. The summed E-state index contributed by atoms with van der Waals surface area (Å²) >= 11 is 1.75. The summed E-state index contributed by atoms with van der Waals surface area (Å²) in [6.45, 7) is 13.3. The number of nitrogens with zero attached hydrogens (tertiary/aromatic N) is 3. The number of aromatic nitrogens is 1. The Labute approximate surface area is 167 Å². The third-order valence-corrected chi connectivity index (χ3v) is 5.02. The molecule has 138 valence electrons. The van der Waals surface area contributed by atoms with E-state index in [0.717, 1.165) is 49.1 Å². The van der Waals surface area contributed by atoms with Crippen molar-refractivity contribution in [1.82, 2.24) is 15.2 Å². The first kappa shape index (κ1) is 21.6. The Kier molecular flexibility index (Phi) is 8.41. The lowest BCUT2D eigenvalue weighted by molar-refractivity contribution is -0.0772. The number of thiazole rings is 1. The minimum Gasteiger partial charge on any atom is -0.372 e. The Bertz CT molecular complexity index is 526. The van der Waals surface area contributed by atoms with Gasteiger partial charge in [0.15, 0.2) is 5.96 Å². The summed E-state index contributed by atoms with van der Waals surface area (Å²) in [4.78, 5) is 12.6. The molecule has 1 saturated heterocycles. The highest BCUT2D eigenvalue weighted by atomic mass is 127. The van der Waals surface area contributed by atoms with E-state index in [1.807, 2.05) is 7.05 Å². The average Bonchev–Trinajstić information content (AvgIpc) is 2.78. The molecule has 1 N–H and O–H groups in total. The van der Waals surface area contributed by atoms with Crippen molar-refractivity contribution in [3.8, 4) is 0 Å². The van der Waals surface area contributed by atoms with Crippen molar-refractivity contribution in [3.63, 3.8) is 0 Å². The van der Waals surface area contributed by atoms with Crippen LogP contribution < -0.4 is 5.32 Å². The molecule has 1 aromatic rings. The smallest absolute Gasteiger partial charge is 0.193 e. The number of halogens is 1. The first-order valence-corrected chi connectivity index (χ1v) is 9.16. The molecule has 2 rings (SSSR count). The highest BCUT2D eigenvalue weighted by Crippen LogP contribution is 2.20. The van der Waals surface area contributed by atoms with Crippen molar-refractivity contribution < 1.29 is 4.74 Å². The molecule has 0 unspecified atom stereocenters. The van der Waals surface area contributed by atoms with Gasteiger partial charge in [0.1, 0.15) is 5.01 Å². The van der Waals surface area contributed by atoms with Crippen LogP contribution in [0.5, 0.6) is 0 Å². The Morgan fingerprint density at radius 3 is 2.42 bits per heavy atom. The van der Waals surface area contributed by atoms with E-state index in [2.05, 4.69) is 54.8 Å². The summed E-state index contributed by atoms with van der Waals surface area (Å²) in [7, 11) is 1.85. The summed E-state index contributed by atoms with van der Waals surface area (Å²) in [5, 5.41) is 4.56. The fraction of sp³-hybridized carbons (Fsp3) is 0.765. The van der Waals surface area contributed by atoms with Gasteiger partial charge >= 0.3 is 0 Å². The zero-order valence-electron chi connectivity index (χ0n) is 15.7. The minimum absolute atomic E-state index is 0. The molecule has 1 fully saturated rings. The second-order valence-electron chi connectivity index (χ2n) is 7.07. The predicted molar refractivity (Wildman–Crippen MR) is 113 cm³/mol. The number of hydrogen-bond donors (Lipinski definition) is 1. The zero-order chi connectivity index (χ0) is 17.0. The van der Waals surface area contributed by atoms with Crippen molar-refractivity contribution in [2.45, 2.75) is 65.7 Å². The van der Waals surface area contributed by atoms with Gasteiger partial charge in [-0.25, -0.2) is 4.98 Å². The van der Waals surface area contributed by atoms with Gasteiger partial charge in [-0.1, -0.05) is 0 Å². The van der Waals surface area contributed by atoms with Gasteiger partial charge in [-0.3, -0.25) is 4.99 Å². The second-order valence-corrected chi connectivity index (χ2v) is 8.35. The molecular formula is C17H31IN4OS. The quantitative estimate of drug-likeness (QED) is 0.419.